The summed E-state index contributed by atoms with van der Waals surface area (Å²) in [6.07, 6.45) is 2.76. The Kier molecular flexibility index (Phi) is 4.01. The number of rotatable bonds is 3. The number of nitrogen functional groups attached to an aromatic ring is 1. The third-order valence-electron chi connectivity index (χ3n) is 3.51. The Morgan fingerprint density at radius 1 is 1.45 bits per heavy atom. The van der Waals surface area contributed by atoms with Crippen molar-refractivity contribution in [2.24, 2.45) is 0 Å². The average Bonchev–Trinajstić information content (AvgIpc) is 2.37. The number of anilines is 2. The van der Waals surface area contributed by atoms with Crippen molar-refractivity contribution in [1.82, 2.24) is 4.31 Å². The van der Waals surface area contributed by atoms with Crippen LogP contribution in [0.3, 0.4) is 0 Å². The van der Waals surface area contributed by atoms with E-state index in [0.717, 1.165) is 34.7 Å². The van der Waals surface area contributed by atoms with Gasteiger partial charge in [0.2, 0.25) is 15.9 Å². The van der Waals surface area contributed by atoms with E-state index in [0.29, 0.717) is 12.2 Å². The Labute approximate surface area is 119 Å². The molecule has 0 spiro atoms. The van der Waals surface area contributed by atoms with Gasteiger partial charge in [0, 0.05) is 25.0 Å². The van der Waals surface area contributed by atoms with Gasteiger partial charge in [-0.3, -0.25) is 4.79 Å². The van der Waals surface area contributed by atoms with Crippen LogP contribution in [0.5, 0.6) is 0 Å². The van der Waals surface area contributed by atoms with Crippen LogP contribution in [0.15, 0.2) is 18.2 Å². The lowest BCUT2D eigenvalue weighted by Gasteiger charge is -2.31. The van der Waals surface area contributed by atoms with Crippen molar-refractivity contribution < 1.29 is 13.2 Å². The Morgan fingerprint density at radius 3 is 2.80 bits per heavy atom. The van der Waals surface area contributed by atoms with Crippen LogP contribution >= 0.6 is 0 Å². The summed E-state index contributed by atoms with van der Waals surface area (Å²) in [6.45, 7) is 0.431. The van der Waals surface area contributed by atoms with Gasteiger partial charge in [-0.05, 0) is 30.5 Å². The molecule has 0 aliphatic carbocycles. The normalized spacial score (nSPS) is 15.2. The largest absolute Gasteiger partial charge is 0.398 e. The van der Waals surface area contributed by atoms with Crippen molar-refractivity contribution in [3.05, 3.63) is 23.8 Å². The number of amides is 1. The number of benzene rings is 1. The number of carbonyl (C=O) groups is 1. The number of hydrogen-bond donors (Lipinski definition) is 1. The van der Waals surface area contributed by atoms with Crippen molar-refractivity contribution in [3.63, 3.8) is 0 Å². The molecule has 6 nitrogen and oxygen atoms in total. The molecule has 0 saturated carbocycles. The molecule has 1 aromatic rings. The molecule has 1 aliphatic rings. The number of likely N-dealkylation sites (N-methyl/N-ethyl adjacent to an activating group) is 1. The summed E-state index contributed by atoms with van der Waals surface area (Å²) in [5, 5.41) is 0. The molecule has 2 rings (SSSR count). The second-order valence-electron chi connectivity index (χ2n) is 5.01. The predicted molar refractivity (Wildman–Crippen MR) is 79.0 cm³/mol. The zero-order chi connectivity index (χ0) is 14.9. The van der Waals surface area contributed by atoms with Gasteiger partial charge in [0.25, 0.3) is 0 Å². The summed E-state index contributed by atoms with van der Waals surface area (Å²) in [5.74, 6) is -0.232. The molecule has 0 fully saturated rings. The lowest BCUT2D eigenvalue weighted by molar-refractivity contribution is -0.118. The molecule has 0 aromatic heterocycles. The van der Waals surface area contributed by atoms with E-state index in [4.69, 9.17) is 5.73 Å². The topological polar surface area (TPSA) is 83.7 Å². The van der Waals surface area contributed by atoms with E-state index in [9.17, 15) is 13.2 Å². The van der Waals surface area contributed by atoms with Crippen LogP contribution in [0, 0.1) is 0 Å². The molecule has 20 heavy (non-hydrogen) atoms. The first kappa shape index (κ1) is 14.8. The quantitative estimate of drug-likeness (QED) is 0.821. The summed E-state index contributed by atoms with van der Waals surface area (Å²) in [6, 6.07) is 5.47. The van der Waals surface area contributed by atoms with Crippen LogP contribution < -0.4 is 10.6 Å². The van der Waals surface area contributed by atoms with Gasteiger partial charge in [-0.1, -0.05) is 6.07 Å². The Bertz CT molecular complexity index is 628. The van der Waals surface area contributed by atoms with Gasteiger partial charge in [0.05, 0.1) is 12.8 Å². The fourth-order valence-corrected chi connectivity index (χ4v) is 2.65. The second-order valence-corrected chi connectivity index (χ2v) is 7.10. The maximum Gasteiger partial charge on any atom is 0.242 e. The number of sulfonamides is 1. The van der Waals surface area contributed by atoms with E-state index in [-0.39, 0.29) is 12.5 Å². The Balaban J connectivity index is 2.24. The molecule has 1 amide bonds. The number of hydrogen-bond acceptors (Lipinski definition) is 4. The Hall–Kier alpha value is -1.60. The molecule has 0 saturated heterocycles. The molecular weight excluding hydrogens is 278 g/mol. The van der Waals surface area contributed by atoms with Crippen LogP contribution in [0.25, 0.3) is 0 Å². The standard InChI is InChI=1S/C13H19N3O3S/c1-15(20(2,18)19)9-13(17)16-8-4-5-10-11(14)6-3-7-12(10)16/h3,6-7H,4-5,8-9,14H2,1-2H3. The van der Waals surface area contributed by atoms with E-state index in [2.05, 4.69) is 0 Å². The maximum atomic E-state index is 12.3. The first-order valence-corrected chi connectivity index (χ1v) is 8.24. The van der Waals surface area contributed by atoms with Crippen molar-refractivity contribution in [2.45, 2.75) is 12.8 Å². The molecule has 0 unspecified atom stereocenters. The van der Waals surface area contributed by atoms with Gasteiger partial charge < -0.3 is 10.6 Å². The lowest BCUT2D eigenvalue weighted by atomic mass is 10.00. The van der Waals surface area contributed by atoms with Crippen LogP contribution in [0.1, 0.15) is 12.0 Å². The first-order valence-electron chi connectivity index (χ1n) is 6.39. The fourth-order valence-electron chi connectivity index (χ4n) is 2.30. The third-order valence-corrected chi connectivity index (χ3v) is 4.77. The molecule has 7 heteroatoms. The first-order chi connectivity index (χ1) is 9.30. The number of fused-ring (bicyclic) bond motifs is 1. The fraction of sp³-hybridized carbons (Fsp3) is 0.462. The van der Waals surface area contributed by atoms with E-state index < -0.39 is 10.0 Å². The highest BCUT2D eigenvalue weighted by molar-refractivity contribution is 7.88. The molecule has 1 aromatic carbocycles. The van der Waals surface area contributed by atoms with Crippen molar-refractivity contribution in [3.8, 4) is 0 Å². The van der Waals surface area contributed by atoms with E-state index >= 15 is 0 Å². The average molecular weight is 297 g/mol. The summed E-state index contributed by atoms with van der Waals surface area (Å²) < 4.78 is 23.8. The van der Waals surface area contributed by atoms with Gasteiger partial charge in [0.1, 0.15) is 0 Å². The van der Waals surface area contributed by atoms with Gasteiger partial charge in [0.15, 0.2) is 0 Å². The van der Waals surface area contributed by atoms with Crippen LogP contribution in [0.4, 0.5) is 11.4 Å². The van der Waals surface area contributed by atoms with Crippen molar-refractivity contribution >= 4 is 27.3 Å². The lowest BCUT2D eigenvalue weighted by Crippen LogP contribution is -2.43. The molecule has 0 atom stereocenters. The molecule has 0 radical (unpaired) electrons. The van der Waals surface area contributed by atoms with Gasteiger partial charge in [-0.25, -0.2) is 8.42 Å². The van der Waals surface area contributed by atoms with Crippen molar-refractivity contribution in [2.75, 3.05) is 37.0 Å². The van der Waals surface area contributed by atoms with Crippen LogP contribution in [-0.4, -0.2) is 45.0 Å². The highest BCUT2D eigenvalue weighted by Gasteiger charge is 2.26. The van der Waals surface area contributed by atoms with E-state index in [1.54, 1.807) is 11.0 Å². The molecule has 110 valence electrons. The SMILES string of the molecule is CN(CC(=O)N1CCCc2c(N)cccc21)S(C)(=O)=O. The summed E-state index contributed by atoms with van der Waals surface area (Å²) >= 11 is 0. The van der Waals surface area contributed by atoms with Crippen LogP contribution in [0.2, 0.25) is 0 Å². The monoisotopic (exact) mass is 297 g/mol. The van der Waals surface area contributed by atoms with Gasteiger partial charge in [-0.2, -0.15) is 4.31 Å². The van der Waals surface area contributed by atoms with Gasteiger partial charge in [-0.15, -0.1) is 0 Å². The van der Waals surface area contributed by atoms with Gasteiger partial charge >= 0.3 is 0 Å². The minimum atomic E-state index is -3.36. The summed E-state index contributed by atoms with van der Waals surface area (Å²) in [4.78, 5) is 13.9. The zero-order valence-corrected chi connectivity index (χ0v) is 12.5. The molecular formula is C13H19N3O3S. The Morgan fingerprint density at radius 2 is 2.15 bits per heavy atom. The van der Waals surface area contributed by atoms with E-state index in [1.807, 2.05) is 12.1 Å². The van der Waals surface area contributed by atoms with Crippen molar-refractivity contribution in [1.29, 1.82) is 0 Å². The van der Waals surface area contributed by atoms with Crippen LogP contribution in [-0.2, 0) is 21.2 Å². The highest BCUT2D eigenvalue weighted by Crippen LogP contribution is 2.31. The summed E-state index contributed by atoms with van der Waals surface area (Å²) in [7, 11) is -1.96. The molecule has 2 N–H and O–H groups in total. The maximum absolute atomic E-state index is 12.3. The highest BCUT2D eigenvalue weighted by atomic mass is 32.2. The minimum absolute atomic E-state index is 0.160. The number of carbonyl (C=O) groups excluding carboxylic acids is 1. The third kappa shape index (κ3) is 2.94. The molecule has 0 bridgehead atoms. The molecule has 1 aliphatic heterocycles. The number of nitrogens with zero attached hydrogens (tertiary/aromatic N) is 2. The smallest absolute Gasteiger partial charge is 0.242 e. The summed E-state index contributed by atoms with van der Waals surface area (Å²) in [5.41, 5.74) is 8.37. The zero-order valence-electron chi connectivity index (χ0n) is 11.7. The predicted octanol–water partition coefficient (Wildman–Crippen LogP) is 0.439. The molecule has 1 heterocycles. The number of nitrogens with two attached hydrogens (primary N) is 1. The van der Waals surface area contributed by atoms with E-state index in [1.165, 1.54) is 7.05 Å². The minimum Gasteiger partial charge on any atom is -0.398 e. The second kappa shape index (κ2) is 5.41.